The van der Waals surface area contributed by atoms with Crippen molar-refractivity contribution < 1.29 is 14.7 Å². The molecule has 0 unspecified atom stereocenters. The van der Waals surface area contributed by atoms with Gasteiger partial charge in [-0.1, -0.05) is 36.4 Å². The molecule has 1 saturated carbocycles. The minimum Gasteiger partial charge on any atom is -0.481 e. The molecule has 2 N–H and O–H groups in total. The number of nitrogens with zero attached hydrogens (tertiary/aromatic N) is 1. The Hall–Kier alpha value is -2.69. The van der Waals surface area contributed by atoms with Crippen LogP contribution in [-0.2, 0) is 16.1 Å². The van der Waals surface area contributed by atoms with Gasteiger partial charge < -0.3 is 10.4 Å². The first kappa shape index (κ1) is 14.9. The number of carboxylic acid groups (broad SMARTS) is 1. The van der Waals surface area contributed by atoms with Crippen LogP contribution in [0.3, 0.4) is 0 Å². The summed E-state index contributed by atoms with van der Waals surface area (Å²) in [5, 5.41) is 13.4. The van der Waals surface area contributed by atoms with E-state index in [0.717, 1.165) is 22.9 Å². The van der Waals surface area contributed by atoms with E-state index >= 15 is 0 Å². The second-order valence-electron chi connectivity index (χ2n) is 6.55. The normalized spacial score (nSPS) is 27.5. The first-order valence-corrected chi connectivity index (χ1v) is 8.16. The lowest BCUT2D eigenvalue weighted by Crippen LogP contribution is -2.39. The number of aliphatic carboxylic acids is 1. The molecule has 2 bridgehead atoms. The van der Waals surface area contributed by atoms with Gasteiger partial charge in [0, 0.05) is 18.1 Å². The summed E-state index contributed by atoms with van der Waals surface area (Å²) in [6, 6.07) is 9.71. The molecular weight excluding hydrogens is 304 g/mol. The average molecular weight is 322 g/mol. The summed E-state index contributed by atoms with van der Waals surface area (Å²) in [6.45, 7) is 0.358. The molecule has 24 heavy (non-hydrogen) atoms. The highest BCUT2D eigenvalue weighted by atomic mass is 16.4. The molecule has 1 aromatic heterocycles. The summed E-state index contributed by atoms with van der Waals surface area (Å²) in [4.78, 5) is 28.5. The van der Waals surface area contributed by atoms with E-state index in [1.807, 2.05) is 42.5 Å². The molecule has 5 nitrogen and oxygen atoms in total. The zero-order valence-electron chi connectivity index (χ0n) is 13.1. The van der Waals surface area contributed by atoms with E-state index < -0.39 is 17.8 Å². The third-order valence-electron chi connectivity index (χ3n) is 5.22. The van der Waals surface area contributed by atoms with Gasteiger partial charge in [-0.2, -0.15) is 0 Å². The van der Waals surface area contributed by atoms with E-state index in [9.17, 15) is 14.7 Å². The third-order valence-corrected chi connectivity index (χ3v) is 5.22. The predicted molar refractivity (Wildman–Crippen MR) is 88.9 cm³/mol. The Morgan fingerprint density at radius 3 is 2.67 bits per heavy atom. The van der Waals surface area contributed by atoms with Crippen molar-refractivity contribution in [2.24, 2.45) is 23.7 Å². The van der Waals surface area contributed by atoms with Gasteiger partial charge in [0.15, 0.2) is 0 Å². The molecular formula is C19H18N2O3. The number of para-hydroxylation sites is 1. The Kier molecular flexibility index (Phi) is 3.56. The number of carbonyl (C=O) groups is 2. The van der Waals surface area contributed by atoms with Gasteiger partial charge in [0.05, 0.1) is 17.4 Å². The van der Waals surface area contributed by atoms with E-state index in [0.29, 0.717) is 6.54 Å². The van der Waals surface area contributed by atoms with Crippen molar-refractivity contribution in [1.82, 2.24) is 10.3 Å². The van der Waals surface area contributed by atoms with Gasteiger partial charge in [0.1, 0.15) is 0 Å². The number of hydrogen-bond acceptors (Lipinski definition) is 3. The molecule has 4 atom stereocenters. The van der Waals surface area contributed by atoms with Crippen molar-refractivity contribution >= 4 is 22.8 Å². The molecule has 0 saturated heterocycles. The highest BCUT2D eigenvalue weighted by Crippen LogP contribution is 2.48. The maximum absolute atomic E-state index is 12.6. The monoisotopic (exact) mass is 322 g/mol. The Morgan fingerprint density at radius 2 is 1.88 bits per heavy atom. The second-order valence-corrected chi connectivity index (χ2v) is 6.55. The first-order valence-electron chi connectivity index (χ1n) is 8.16. The molecule has 1 amide bonds. The fourth-order valence-corrected chi connectivity index (χ4v) is 4.13. The summed E-state index contributed by atoms with van der Waals surface area (Å²) in [5.74, 6) is -2.10. The quantitative estimate of drug-likeness (QED) is 0.847. The van der Waals surface area contributed by atoms with Gasteiger partial charge in [-0.3, -0.25) is 14.6 Å². The fourth-order valence-electron chi connectivity index (χ4n) is 4.13. The van der Waals surface area contributed by atoms with Crippen LogP contribution in [0.5, 0.6) is 0 Å². The largest absolute Gasteiger partial charge is 0.481 e. The third kappa shape index (κ3) is 2.37. The molecule has 5 heteroatoms. The van der Waals surface area contributed by atoms with Crippen LogP contribution in [0, 0.1) is 23.7 Å². The summed E-state index contributed by atoms with van der Waals surface area (Å²) in [6.07, 6.45) is 6.44. The number of rotatable bonds is 4. The number of hydrogen-bond donors (Lipinski definition) is 2. The Labute approximate surface area is 139 Å². The van der Waals surface area contributed by atoms with E-state index in [4.69, 9.17) is 0 Å². The van der Waals surface area contributed by atoms with Crippen molar-refractivity contribution in [3.8, 4) is 0 Å². The molecule has 122 valence electrons. The van der Waals surface area contributed by atoms with E-state index in [2.05, 4.69) is 10.3 Å². The zero-order chi connectivity index (χ0) is 16.7. The van der Waals surface area contributed by atoms with Crippen LogP contribution >= 0.6 is 0 Å². The van der Waals surface area contributed by atoms with Crippen molar-refractivity contribution in [2.75, 3.05) is 0 Å². The van der Waals surface area contributed by atoms with Gasteiger partial charge >= 0.3 is 5.97 Å². The molecule has 1 aromatic carbocycles. The summed E-state index contributed by atoms with van der Waals surface area (Å²) in [7, 11) is 0. The lowest BCUT2D eigenvalue weighted by Gasteiger charge is -2.24. The van der Waals surface area contributed by atoms with Crippen molar-refractivity contribution in [2.45, 2.75) is 13.0 Å². The minimum atomic E-state index is -0.876. The SMILES string of the molecule is O=C(O)[C@H]1[C@H](C(=O)NCc2cccc3cccnc23)[C@H]2C=C[C@H]1C2. The van der Waals surface area contributed by atoms with Crippen LogP contribution < -0.4 is 5.32 Å². The van der Waals surface area contributed by atoms with E-state index in [-0.39, 0.29) is 17.7 Å². The van der Waals surface area contributed by atoms with E-state index in [1.54, 1.807) is 6.20 Å². The van der Waals surface area contributed by atoms with Gasteiger partial charge in [0.2, 0.25) is 5.91 Å². The van der Waals surface area contributed by atoms with Crippen molar-refractivity contribution in [3.63, 3.8) is 0 Å². The molecule has 1 fully saturated rings. The van der Waals surface area contributed by atoms with Crippen LogP contribution in [0.4, 0.5) is 0 Å². The number of aromatic nitrogens is 1. The Bertz CT molecular complexity index is 840. The number of fused-ring (bicyclic) bond motifs is 3. The lowest BCUT2D eigenvalue weighted by atomic mass is 9.82. The molecule has 4 rings (SSSR count). The average Bonchev–Trinajstić information content (AvgIpc) is 3.20. The number of allylic oxidation sites excluding steroid dienone is 2. The van der Waals surface area contributed by atoms with Crippen LogP contribution in [0.2, 0.25) is 0 Å². The molecule has 0 spiro atoms. The minimum absolute atomic E-state index is 0.0116. The van der Waals surface area contributed by atoms with E-state index in [1.165, 1.54) is 0 Å². The summed E-state index contributed by atoms with van der Waals surface area (Å²) in [5.41, 5.74) is 1.80. The topological polar surface area (TPSA) is 79.3 Å². The lowest BCUT2D eigenvalue weighted by molar-refractivity contribution is -0.147. The van der Waals surface area contributed by atoms with Gasteiger partial charge in [0.25, 0.3) is 0 Å². The second kappa shape index (κ2) is 5.74. The molecule has 2 aromatic rings. The van der Waals surface area contributed by atoms with Crippen LogP contribution in [0.1, 0.15) is 12.0 Å². The van der Waals surface area contributed by atoms with Crippen molar-refractivity contribution in [3.05, 3.63) is 54.2 Å². The number of carbonyl (C=O) groups excluding carboxylic acids is 1. The van der Waals surface area contributed by atoms with Crippen LogP contribution in [0.25, 0.3) is 10.9 Å². The van der Waals surface area contributed by atoms with Crippen LogP contribution in [0.15, 0.2) is 48.7 Å². The smallest absolute Gasteiger partial charge is 0.307 e. The van der Waals surface area contributed by atoms with Crippen LogP contribution in [-0.4, -0.2) is 22.0 Å². The number of benzene rings is 1. The molecule has 2 aliphatic carbocycles. The molecule has 2 aliphatic rings. The summed E-state index contributed by atoms with van der Waals surface area (Å²) < 4.78 is 0. The number of amides is 1. The maximum Gasteiger partial charge on any atom is 0.307 e. The number of pyridine rings is 1. The Morgan fingerprint density at radius 1 is 1.12 bits per heavy atom. The Balaban J connectivity index is 1.52. The standard InChI is InChI=1S/C19H18N2O3/c22-18(15-12-6-7-13(9-12)16(15)19(23)24)21-10-14-4-1-3-11-5-2-8-20-17(11)14/h1-8,12-13,15-16H,9-10H2,(H,21,22)(H,23,24)/t12-,13-,15+,16+/m0/s1. The summed E-state index contributed by atoms with van der Waals surface area (Å²) >= 11 is 0. The molecule has 1 heterocycles. The maximum atomic E-state index is 12.6. The van der Waals surface area contributed by atoms with Gasteiger partial charge in [-0.05, 0) is 29.9 Å². The highest BCUT2D eigenvalue weighted by molar-refractivity contribution is 5.87. The van der Waals surface area contributed by atoms with Crippen molar-refractivity contribution in [1.29, 1.82) is 0 Å². The zero-order valence-corrected chi connectivity index (χ0v) is 13.1. The highest BCUT2D eigenvalue weighted by Gasteiger charge is 2.51. The molecule has 0 aliphatic heterocycles. The number of carboxylic acids is 1. The number of nitrogens with one attached hydrogen (secondary N) is 1. The van der Waals surface area contributed by atoms with Gasteiger partial charge in [-0.25, -0.2) is 0 Å². The predicted octanol–water partition coefficient (Wildman–Crippen LogP) is 2.37. The first-order chi connectivity index (χ1) is 11.6. The molecule has 0 radical (unpaired) electrons. The van der Waals surface area contributed by atoms with Gasteiger partial charge in [-0.15, -0.1) is 0 Å². The fraction of sp³-hybridized carbons (Fsp3) is 0.316.